The molecule has 1 aromatic rings. The summed E-state index contributed by atoms with van der Waals surface area (Å²) in [4.78, 5) is 0. The van der Waals surface area contributed by atoms with Crippen LogP contribution >= 0.6 is 0 Å². The summed E-state index contributed by atoms with van der Waals surface area (Å²) in [6.45, 7) is 0. The predicted octanol–water partition coefficient (Wildman–Crippen LogP) is 3.57. The summed E-state index contributed by atoms with van der Waals surface area (Å²) in [5.41, 5.74) is 1.57. The molecule has 0 aliphatic heterocycles. The zero-order chi connectivity index (χ0) is 11.7. The van der Waals surface area contributed by atoms with Crippen molar-refractivity contribution < 1.29 is 0 Å². The van der Waals surface area contributed by atoms with Crippen molar-refractivity contribution >= 4 is 0 Å². The second-order valence-electron chi connectivity index (χ2n) is 5.76. The van der Waals surface area contributed by atoms with Crippen LogP contribution in [0.2, 0.25) is 0 Å². The second-order valence-corrected chi connectivity index (χ2v) is 5.76. The molecule has 4 unspecified atom stereocenters. The maximum atomic E-state index is 3.55. The first-order valence-electron chi connectivity index (χ1n) is 7.12. The molecule has 2 aliphatic rings. The first-order valence-corrected chi connectivity index (χ1v) is 7.12. The van der Waals surface area contributed by atoms with E-state index in [-0.39, 0.29) is 0 Å². The number of benzene rings is 1. The minimum atomic E-state index is 0.780. The van der Waals surface area contributed by atoms with Crippen LogP contribution in [0, 0.1) is 11.8 Å². The van der Waals surface area contributed by atoms with Gasteiger partial charge in [0.1, 0.15) is 0 Å². The lowest BCUT2D eigenvalue weighted by molar-refractivity contribution is 0.243. The molecule has 1 nitrogen and oxygen atoms in total. The summed E-state index contributed by atoms with van der Waals surface area (Å²) in [5, 5.41) is 3.55. The van der Waals surface area contributed by atoms with Crippen molar-refractivity contribution in [2.24, 2.45) is 11.8 Å². The van der Waals surface area contributed by atoms with Gasteiger partial charge in [-0.15, -0.1) is 0 Å². The van der Waals surface area contributed by atoms with E-state index in [0.29, 0.717) is 0 Å². The van der Waals surface area contributed by atoms with Crippen molar-refractivity contribution in [2.45, 2.75) is 44.1 Å². The number of rotatable bonds is 3. The molecule has 0 spiro atoms. The van der Waals surface area contributed by atoms with Gasteiger partial charge < -0.3 is 5.32 Å². The minimum absolute atomic E-state index is 0.780. The average Bonchev–Trinajstić information content (AvgIpc) is 3.20. The molecule has 2 saturated carbocycles. The molecular weight excluding hydrogens is 206 g/mol. The molecule has 0 saturated heterocycles. The lowest BCUT2D eigenvalue weighted by atomic mass is 9.80. The van der Waals surface area contributed by atoms with Gasteiger partial charge in [0, 0.05) is 6.04 Å². The molecule has 0 bridgehead atoms. The number of nitrogens with one attached hydrogen (secondary N) is 1. The largest absolute Gasteiger partial charge is 0.317 e. The van der Waals surface area contributed by atoms with Gasteiger partial charge in [-0.05, 0) is 49.6 Å². The van der Waals surface area contributed by atoms with Crippen LogP contribution in [0.1, 0.15) is 43.6 Å². The van der Waals surface area contributed by atoms with Gasteiger partial charge in [-0.2, -0.15) is 0 Å². The highest BCUT2D eigenvalue weighted by Crippen LogP contribution is 2.55. The monoisotopic (exact) mass is 229 g/mol. The third-order valence-corrected chi connectivity index (χ3v) is 4.81. The predicted molar refractivity (Wildman–Crippen MR) is 72.1 cm³/mol. The van der Waals surface area contributed by atoms with E-state index in [4.69, 9.17) is 0 Å². The van der Waals surface area contributed by atoms with Crippen LogP contribution in [0.15, 0.2) is 30.3 Å². The summed E-state index contributed by atoms with van der Waals surface area (Å²) in [7, 11) is 2.14. The fourth-order valence-corrected chi connectivity index (χ4v) is 3.80. The van der Waals surface area contributed by atoms with E-state index in [1.165, 1.54) is 32.1 Å². The smallest absolute Gasteiger partial charge is 0.00951 e. The Hall–Kier alpha value is -0.820. The Labute approximate surface area is 105 Å². The number of hydrogen-bond donors (Lipinski definition) is 1. The van der Waals surface area contributed by atoms with Crippen LogP contribution < -0.4 is 5.32 Å². The Kier molecular flexibility index (Phi) is 3.19. The Morgan fingerprint density at radius 2 is 1.76 bits per heavy atom. The molecule has 0 aromatic heterocycles. The Bertz CT molecular complexity index is 359. The summed E-state index contributed by atoms with van der Waals surface area (Å²) in [5.74, 6) is 2.74. The normalized spacial score (nSPS) is 36.8. The van der Waals surface area contributed by atoms with Gasteiger partial charge in [-0.3, -0.25) is 0 Å². The zero-order valence-corrected chi connectivity index (χ0v) is 10.7. The highest BCUT2D eigenvalue weighted by Gasteiger charge is 2.46. The Morgan fingerprint density at radius 3 is 2.53 bits per heavy atom. The molecule has 0 radical (unpaired) electrons. The van der Waals surface area contributed by atoms with Crippen molar-refractivity contribution in [3.8, 4) is 0 Å². The van der Waals surface area contributed by atoms with Gasteiger partial charge >= 0.3 is 0 Å². The average molecular weight is 229 g/mol. The van der Waals surface area contributed by atoms with Crippen molar-refractivity contribution in [1.29, 1.82) is 0 Å². The SMILES string of the molecule is CNC1CCCCC1C1CC1c1ccccc1. The van der Waals surface area contributed by atoms with Crippen LogP contribution in [-0.2, 0) is 0 Å². The van der Waals surface area contributed by atoms with Crippen LogP contribution in [-0.4, -0.2) is 13.1 Å². The fraction of sp³-hybridized carbons (Fsp3) is 0.625. The third-order valence-electron chi connectivity index (χ3n) is 4.81. The zero-order valence-electron chi connectivity index (χ0n) is 10.7. The van der Waals surface area contributed by atoms with Gasteiger partial charge in [-0.1, -0.05) is 43.2 Å². The first kappa shape index (κ1) is 11.3. The van der Waals surface area contributed by atoms with E-state index < -0.39 is 0 Å². The van der Waals surface area contributed by atoms with Gasteiger partial charge in [-0.25, -0.2) is 0 Å². The third kappa shape index (κ3) is 2.26. The lowest BCUT2D eigenvalue weighted by Gasteiger charge is -2.31. The van der Waals surface area contributed by atoms with Crippen LogP contribution in [0.4, 0.5) is 0 Å². The first-order chi connectivity index (χ1) is 8.40. The highest BCUT2D eigenvalue weighted by molar-refractivity contribution is 5.26. The van der Waals surface area contributed by atoms with Crippen molar-refractivity contribution in [3.05, 3.63) is 35.9 Å². The molecular formula is C16H23N. The van der Waals surface area contributed by atoms with Gasteiger partial charge in [0.15, 0.2) is 0 Å². The van der Waals surface area contributed by atoms with Gasteiger partial charge in [0.05, 0.1) is 0 Å². The van der Waals surface area contributed by atoms with Gasteiger partial charge in [0.25, 0.3) is 0 Å². The summed E-state index contributed by atoms with van der Waals surface area (Å²) < 4.78 is 0. The van der Waals surface area contributed by atoms with E-state index in [9.17, 15) is 0 Å². The van der Waals surface area contributed by atoms with Gasteiger partial charge in [0.2, 0.25) is 0 Å². The molecule has 4 atom stereocenters. The van der Waals surface area contributed by atoms with Crippen LogP contribution in [0.3, 0.4) is 0 Å². The van der Waals surface area contributed by atoms with E-state index in [1.807, 2.05) is 0 Å². The molecule has 92 valence electrons. The summed E-state index contributed by atoms with van der Waals surface area (Å²) >= 11 is 0. The summed E-state index contributed by atoms with van der Waals surface area (Å²) in [6.07, 6.45) is 7.12. The molecule has 0 amide bonds. The second kappa shape index (κ2) is 4.81. The van der Waals surface area contributed by atoms with Crippen molar-refractivity contribution in [3.63, 3.8) is 0 Å². The van der Waals surface area contributed by atoms with Crippen molar-refractivity contribution in [1.82, 2.24) is 5.32 Å². The topological polar surface area (TPSA) is 12.0 Å². The quantitative estimate of drug-likeness (QED) is 0.835. The van der Waals surface area contributed by atoms with E-state index >= 15 is 0 Å². The molecule has 2 aliphatic carbocycles. The standard InChI is InChI=1S/C16H23N/c1-17-16-10-6-5-9-13(16)15-11-14(15)12-7-3-2-4-8-12/h2-4,7-8,13-17H,5-6,9-11H2,1H3. The van der Waals surface area contributed by atoms with Crippen LogP contribution in [0.5, 0.6) is 0 Å². The minimum Gasteiger partial charge on any atom is -0.317 e. The number of hydrogen-bond acceptors (Lipinski definition) is 1. The maximum Gasteiger partial charge on any atom is 0.00951 e. The Morgan fingerprint density at radius 1 is 1.00 bits per heavy atom. The Balaban J connectivity index is 1.67. The lowest BCUT2D eigenvalue weighted by Crippen LogP contribution is -2.37. The fourth-order valence-electron chi connectivity index (χ4n) is 3.80. The highest BCUT2D eigenvalue weighted by atomic mass is 14.9. The van der Waals surface area contributed by atoms with Crippen LogP contribution in [0.25, 0.3) is 0 Å². The molecule has 0 heterocycles. The maximum absolute atomic E-state index is 3.55. The molecule has 1 aromatic carbocycles. The molecule has 17 heavy (non-hydrogen) atoms. The van der Waals surface area contributed by atoms with Crippen molar-refractivity contribution in [2.75, 3.05) is 7.05 Å². The molecule has 1 heteroatoms. The summed E-state index contributed by atoms with van der Waals surface area (Å²) in [6, 6.07) is 11.9. The molecule has 1 N–H and O–H groups in total. The van der Waals surface area contributed by atoms with E-state index in [1.54, 1.807) is 5.56 Å². The molecule has 2 fully saturated rings. The molecule has 3 rings (SSSR count). The van der Waals surface area contributed by atoms with E-state index in [2.05, 4.69) is 42.7 Å². The van der Waals surface area contributed by atoms with E-state index in [0.717, 1.165) is 23.8 Å².